The van der Waals surface area contributed by atoms with Gasteiger partial charge in [0.05, 0.1) is 5.92 Å². The van der Waals surface area contributed by atoms with Crippen LogP contribution in [0.25, 0.3) is 0 Å². The predicted molar refractivity (Wildman–Crippen MR) is 84.4 cm³/mol. The second kappa shape index (κ2) is 7.41. The summed E-state index contributed by atoms with van der Waals surface area (Å²) < 4.78 is 0. The number of nitrogens with two attached hydrogens (primary N) is 1. The number of nitrogens with one attached hydrogen (secondary N) is 1. The molecule has 1 aliphatic rings. The lowest BCUT2D eigenvalue weighted by Crippen LogP contribution is -2.40. The average molecular weight is 283 g/mol. The van der Waals surface area contributed by atoms with Gasteiger partial charge in [0.1, 0.15) is 0 Å². The van der Waals surface area contributed by atoms with Crippen LogP contribution in [0.15, 0.2) is 0 Å². The van der Waals surface area contributed by atoms with Crippen molar-refractivity contribution in [3.05, 3.63) is 0 Å². The largest absolute Gasteiger partial charge is 0.355 e. The van der Waals surface area contributed by atoms with Crippen LogP contribution in [-0.2, 0) is 4.79 Å². The van der Waals surface area contributed by atoms with Crippen LogP contribution in [0.3, 0.4) is 0 Å². The van der Waals surface area contributed by atoms with E-state index in [9.17, 15) is 4.79 Å². The molecular formula is C16H33N3O. The van der Waals surface area contributed by atoms with Gasteiger partial charge < -0.3 is 16.0 Å². The van der Waals surface area contributed by atoms with E-state index in [1.807, 2.05) is 0 Å². The van der Waals surface area contributed by atoms with Gasteiger partial charge in [0.15, 0.2) is 0 Å². The minimum atomic E-state index is -0.0578. The highest BCUT2D eigenvalue weighted by Gasteiger charge is 2.27. The third-order valence-electron chi connectivity index (χ3n) is 4.13. The molecular weight excluding hydrogens is 250 g/mol. The van der Waals surface area contributed by atoms with Crippen LogP contribution in [0, 0.1) is 17.3 Å². The Hall–Kier alpha value is -0.610. The summed E-state index contributed by atoms with van der Waals surface area (Å²) in [5.41, 5.74) is 5.90. The van der Waals surface area contributed by atoms with E-state index in [1.165, 1.54) is 6.42 Å². The first-order chi connectivity index (χ1) is 9.23. The van der Waals surface area contributed by atoms with Crippen LogP contribution in [-0.4, -0.2) is 43.0 Å². The molecule has 0 radical (unpaired) electrons. The molecule has 0 aromatic heterocycles. The highest BCUT2D eigenvalue weighted by atomic mass is 16.1. The third kappa shape index (κ3) is 5.80. The van der Waals surface area contributed by atoms with Crippen LogP contribution in [0.1, 0.15) is 47.5 Å². The Kier molecular flexibility index (Phi) is 6.46. The first kappa shape index (κ1) is 17.4. The molecule has 20 heavy (non-hydrogen) atoms. The number of hydrogen-bond donors (Lipinski definition) is 2. The summed E-state index contributed by atoms with van der Waals surface area (Å²) in [7, 11) is 0. The molecule has 118 valence electrons. The summed E-state index contributed by atoms with van der Waals surface area (Å²) in [5, 5.41) is 3.11. The Morgan fingerprint density at radius 3 is 2.50 bits per heavy atom. The Morgan fingerprint density at radius 2 is 2.05 bits per heavy atom. The van der Waals surface area contributed by atoms with Gasteiger partial charge in [-0.25, -0.2) is 0 Å². The molecule has 0 aromatic carbocycles. The van der Waals surface area contributed by atoms with Gasteiger partial charge in [-0.15, -0.1) is 0 Å². The normalized spacial score (nSPS) is 22.2. The zero-order valence-corrected chi connectivity index (χ0v) is 13.9. The van der Waals surface area contributed by atoms with Gasteiger partial charge in [-0.05, 0) is 44.6 Å². The van der Waals surface area contributed by atoms with E-state index in [0.29, 0.717) is 18.5 Å². The van der Waals surface area contributed by atoms with Crippen molar-refractivity contribution in [3.63, 3.8) is 0 Å². The fourth-order valence-corrected chi connectivity index (χ4v) is 2.91. The van der Waals surface area contributed by atoms with E-state index in [2.05, 4.69) is 44.8 Å². The summed E-state index contributed by atoms with van der Waals surface area (Å²) >= 11 is 0. The van der Waals surface area contributed by atoms with Crippen molar-refractivity contribution in [3.8, 4) is 0 Å². The highest BCUT2D eigenvalue weighted by molar-refractivity contribution is 5.78. The van der Waals surface area contributed by atoms with Crippen LogP contribution in [0.5, 0.6) is 0 Å². The van der Waals surface area contributed by atoms with Crippen LogP contribution < -0.4 is 11.1 Å². The van der Waals surface area contributed by atoms with Crippen LogP contribution in [0.4, 0.5) is 0 Å². The van der Waals surface area contributed by atoms with Gasteiger partial charge in [-0.1, -0.05) is 20.8 Å². The Bertz CT molecular complexity index is 309. The molecule has 0 saturated carbocycles. The Balaban J connectivity index is 2.35. The van der Waals surface area contributed by atoms with Gasteiger partial charge in [0.25, 0.3) is 0 Å². The fraction of sp³-hybridized carbons (Fsp3) is 0.938. The monoisotopic (exact) mass is 283 g/mol. The smallest absolute Gasteiger partial charge is 0.224 e. The van der Waals surface area contributed by atoms with Crippen molar-refractivity contribution in [1.82, 2.24) is 10.2 Å². The molecule has 4 nitrogen and oxygen atoms in total. The predicted octanol–water partition coefficient (Wildman–Crippen LogP) is 1.84. The lowest BCUT2D eigenvalue weighted by atomic mass is 9.84. The molecule has 0 aliphatic carbocycles. The Labute approximate surface area is 124 Å². The summed E-state index contributed by atoms with van der Waals surface area (Å²) in [6, 6.07) is 0.605. The van der Waals surface area contributed by atoms with Gasteiger partial charge in [-0.2, -0.15) is 0 Å². The molecule has 1 amide bonds. The van der Waals surface area contributed by atoms with Crippen molar-refractivity contribution >= 4 is 5.91 Å². The van der Waals surface area contributed by atoms with E-state index < -0.39 is 0 Å². The highest BCUT2D eigenvalue weighted by Crippen LogP contribution is 2.24. The van der Waals surface area contributed by atoms with E-state index in [-0.39, 0.29) is 17.2 Å². The van der Waals surface area contributed by atoms with E-state index in [4.69, 9.17) is 5.73 Å². The minimum absolute atomic E-state index is 0.0578. The van der Waals surface area contributed by atoms with Gasteiger partial charge in [0.2, 0.25) is 5.91 Å². The number of nitrogens with zero attached hydrogens (tertiary/aromatic N) is 1. The number of carbonyl (C=O) groups excluding carboxylic acids is 1. The first-order valence-electron chi connectivity index (χ1n) is 7.94. The molecule has 0 aromatic rings. The molecule has 1 aliphatic heterocycles. The molecule has 0 spiro atoms. The van der Waals surface area contributed by atoms with Crippen molar-refractivity contribution in [2.24, 2.45) is 23.0 Å². The minimum Gasteiger partial charge on any atom is -0.355 e. The quantitative estimate of drug-likeness (QED) is 0.782. The summed E-state index contributed by atoms with van der Waals surface area (Å²) in [5.74, 6) is 0.664. The van der Waals surface area contributed by atoms with E-state index >= 15 is 0 Å². The Morgan fingerprint density at radius 1 is 1.40 bits per heavy atom. The van der Waals surface area contributed by atoms with Crippen molar-refractivity contribution in [1.29, 1.82) is 0 Å². The number of likely N-dealkylation sites (tertiary alicyclic amines) is 1. The zero-order valence-electron chi connectivity index (χ0n) is 13.9. The van der Waals surface area contributed by atoms with Crippen LogP contribution >= 0.6 is 0 Å². The molecule has 0 bridgehead atoms. The standard InChI is InChI=1S/C16H33N3O/c1-12(2)19-7-6-13(11-19)10-18-15(20)14(9-17)8-16(3,4)5/h12-14H,6-11,17H2,1-5H3,(H,18,20). The molecule has 1 saturated heterocycles. The lowest BCUT2D eigenvalue weighted by Gasteiger charge is -2.25. The van der Waals surface area contributed by atoms with E-state index in [1.54, 1.807) is 0 Å². The molecule has 1 heterocycles. The topological polar surface area (TPSA) is 58.4 Å². The second-order valence-electron chi connectivity index (χ2n) is 7.69. The number of rotatable bonds is 6. The van der Waals surface area contributed by atoms with Gasteiger partial charge in [0, 0.05) is 25.7 Å². The summed E-state index contributed by atoms with van der Waals surface area (Å²) in [4.78, 5) is 14.7. The van der Waals surface area contributed by atoms with E-state index in [0.717, 1.165) is 26.1 Å². The maximum atomic E-state index is 12.2. The van der Waals surface area contributed by atoms with Crippen molar-refractivity contribution in [2.75, 3.05) is 26.2 Å². The van der Waals surface area contributed by atoms with Crippen molar-refractivity contribution in [2.45, 2.75) is 53.5 Å². The zero-order chi connectivity index (χ0) is 15.3. The molecule has 1 fully saturated rings. The summed E-state index contributed by atoms with van der Waals surface area (Å²) in [6.07, 6.45) is 2.03. The maximum absolute atomic E-state index is 12.2. The number of carbonyl (C=O) groups is 1. The molecule has 3 N–H and O–H groups in total. The molecule has 4 heteroatoms. The fourth-order valence-electron chi connectivity index (χ4n) is 2.91. The SMILES string of the molecule is CC(C)N1CCC(CNC(=O)C(CN)CC(C)(C)C)C1. The van der Waals surface area contributed by atoms with Gasteiger partial charge in [-0.3, -0.25) is 4.79 Å². The van der Waals surface area contributed by atoms with Crippen LogP contribution in [0.2, 0.25) is 0 Å². The third-order valence-corrected chi connectivity index (χ3v) is 4.13. The van der Waals surface area contributed by atoms with Gasteiger partial charge >= 0.3 is 0 Å². The average Bonchev–Trinajstić information content (AvgIpc) is 2.80. The lowest BCUT2D eigenvalue weighted by molar-refractivity contribution is -0.125. The summed E-state index contributed by atoms with van der Waals surface area (Å²) in [6.45, 7) is 14.4. The van der Waals surface area contributed by atoms with Crippen molar-refractivity contribution < 1.29 is 4.79 Å². The molecule has 1 rings (SSSR count). The number of amides is 1. The maximum Gasteiger partial charge on any atom is 0.224 e. The molecule has 2 atom stereocenters. The number of hydrogen-bond acceptors (Lipinski definition) is 3. The first-order valence-corrected chi connectivity index (χ1v) is 7.94. The molecule has 2 unspecified atom stereocenters. The second-order valence-corrected chi connectivity index (χ2v) is 7.69.